The number of benzene rings is 1. The maximum Gasteiger partial charge on any atom is 0.516 e. The van der Waals surface area contributed by atoms with E-state index in [1.165, 1.54) is 27.7 Å². The van der Waals surface area contributed by atoms with E-state index in [1.54, 1.807) is 0 Å². The van der Waals surface area contributed by atoms with Crippen molar-refractivity contribution in [3.8, 4) is 0 Å². The van der Waals surface area contributed by atoms with Crippen molar-refractivity contribution < 1.29 is 69.5 Å². The summed E-state index contributed by atoms with van der Waals surface area (Å²) in [6.45, 7) is 1.07. The molecule has 7 nitrogen and oxygen atoms in total. The summed E-state index contributed by atoms with van der Waals surface area (Å²) in [5.41, 5.74) is -10.3. The number of rotatable bonds is 6. The molecule has 2 atom stereocenters. The molecule has 2 rings (SSSR count). The SMILES string of the molecule is CC(C)[C@H]1CN(CC(F)(F)F)C[C@H](C(C)C)[N](S(=O)(=O)C(F)(F)F)[Al]([CH3])[N]1S(=O)(=O)c1cc(C(F)(F)F)cc(C(F)(F)F)c1. The summed E-state index contributed by atoms with van der Waals surface area (Å²) in [5, 5.41) is 0. The monoisotopic (exact) mass is 717 g/mol. The van der Waals surface area contributed by atoms with Crippen molar-refractivity contribution in [3.05, 3.63) is 29.3 Å². The Morgan fingerprint density at radius 2 is 1.11 bits per heavy atom. The van der Waals surface area contributed by atoms with Crippen LogP contribution in [0.2, 0.25) is 5.79 Å². The van der Waals surface area contributed by atoms with Gasteiger partial charge in [-0.1, -0.05) is 33.5 Å². The second kappa shape index (κ2) is 12.7. The fourth-order valence-electron chi connectivity index (χ4n) is 4.90. The molecule has 1 fully saturated rings. The van der Waals surface area contributed by atoms with Gasteiger partial charge in [-0.3, -0.25) is 11.5 Å². The molecular weight excluding hydrogens is 689 g/mol. The van der Waals surface area contributed by atoms with Crippen LogP contribution >= 0.6 is 0 Å². The lowest BCUT2D eigenvalue weighted by molar-refractivity contribution is -0.149. The normalized spacial score (nSPS) is 21.7. The molecule has 1 aliphatic rings. The van der Waals surface area contributed by atoms with Crippen molar-refractivity contribution in [1.82, 2.24) is 11.5 Å². The van der Waals surface area contributed by atoms with Gasteiger partial charge in [0.25, 0.3) is 10.0 Å². The molecule has 0 aliphatic carbocycles. The Morgan fingerprint density at radius 1 is 0.727 bits per heavy atom. The maximum atomic E-state index is 14.0. The van der Waals surface area contributed by atoms with E-state index < -0.39 is 124 Å². The van der Waals surface area contributed by atoms with Crippen LogP contribution < -0.4 is 0 Å². The standard InChI is InChI=1S/C21H25F12N3O4S2.CH3.Al/c1-11(2)16(34-41(37,38)15-6-13(19(25,26)27)5-14(7-15)20(28,29)30)8-36(10-18(22,23)24)9-17(12(3)4)35-42(39,40)21(31,32)33;;/h5-7,11-12,16-17H,8-10H2,1-4H3;1H3;/q-2;;+2/t16-,17-;;/m1../s1. The summed E-state index contributed by atoms with van der Waals surface area (Å²) in [5.74, 6) is -1.53. The number of hydrogen-bond donors (Lipinski definition) is 0. The third-order valence-corrected chi connectivity index (χ3v) is 15.7. The molecular formula is C22H28AlF12N3O4S2. The fraction of sp³-hybridized carbons (Fsp3) is 0.727. The minimum absolute atomic E-state index is 0.0918. The van der Waals surface area contributed by atoms with Crippen LogP contribution in [-0.2, 0) is 32.4 Å². The van der Waals surface area contributed by atoms with E-state index in [2.05, 4.69) is 0 Å². The number of nitrogens with zero attached hydrogens (tertiary/aromatic N) is 3. The molecule has 1 aromatic carbocycles. The van der Waals surface area contributed by atoms with E-state index >= 15 is 0 Å². The lowest BCUT2D eigenvalue weighted by atomic mass is 10.0. The molecule has 0 N–H and O–H groups in total. The molecule has 0 saturated carbocycles. The molecule has 1 aromatic rings. The second-order valence-corrected chi connectivity index (χ2v) is 17.7. The molecule has 44 heavy (non-hydrogen) atoms. The van der Waals surface area contributed by atoms with Crippen LogP contribution in [0.4, 0.5) is 52.7 Å². The van der Waals surface area contributed by atoms with Gasteiger partial charge in [-0.25, -0.2) is 16.8 Å². The van der Waals surface area contributed by atoms with Gasteiger partial charge in [0.1, 0.15) is 0 Å². The quantitative estimate of drug-likeness (QED) is 0.270. The van der Waals surface area contributed by atoms with E-state index in [4.69, 9.17) is 0 Å². The number of sulfonamides is 2. The maximum absolute atomic E-state index is 14.0. The Balaban J connectivity index is 3.06. The molecule has 0 aromatic heterocycles. The highest BCUT2D eigenvalue weighted by Gasteiger charge is 2.60. The van der Waals surface area contributed by atoms with Crippen molar-refractivity contribution in [2.24, 2.45) is 11.8 Å². The van der Waals surface area contributed by atoms with Gasteiger partial charge in [-0.2, -0.15) is 52.7 Å². The predicted octanol–water partition coefficient (Wildman–Crippen LogP) is 5.91. The highest BCUT2D eigenvalue weighted by molar-refractivity contribution is 7.92. The van der Waals surface area contributed by atoms with E-state index in [-0.39, 0.29) is 18.7 Å². The highest BCUT2D eigenvalue weighted by atomic mass is 32.2. The van der Waals surface area contributed by atoms with Crippen molar-refractivity contribution in [2.45, 2.75) is 74.5 Å². The van der Waals surface area contributed by atoms with Crippen molar-refractivity contribution in [3.63, 3.8) is 0 Å². The van der Waals surface area contributed by atoms with Gasteiger partial charge >= 0.3 is 38.6 Å². The summed E-state index contributed by atoms with van der Waals surface area (Å²) in [4.78, 5) is -1.21. The summed E-state index contributed by atoms with van der Waals surface area (Å²) in [6.07, 6.45) is -16.1. The van der Waals surface area contributed by atoms with E-state index in [1.807, 2.05) is 0 Å². The molecule has 0 radical (unpaired) electrons. The molecule has 0 bridgehead atoms. The van der Waals surface area contributed by atoms with Crippen molar-refractivity contribution in [2.75, 3.05) is 19.6 Å². The zero-order valence-corrected chi connectivity index (χ0v) is 26.4. The largest absolute Gasteiger partial charge is 0.516 e. The first-order valence-electron chi connectivity index (χ1n) is 12.6. The fourth-order valence-corrected chi connectivity index (χ4v) is 14.2. The lowest BCUT2D eigenvalue weighted by Gasteiger charge is -2.48. The van der Waals surface area contributed by atoms with Crippen LogP contribution in [0.15, 0.2) is 23.1 Å². The van der Waals surface area contributed by atoms with Gasteiger partial charge in [0.15, 0.2) is 0 Å². The van der Waals surface area contributed by atoms with Crippen LogP contribution in [0.25, 0.3) is 0 Å². The van der Waals surface area contributed by atoms with E-state index in [0.717, 1.165) is 5.79 Å². The Morgan fingerprint density at radius 3 is 1.43 bits per heavy atom. The minimum atomic E-state index is -6.52. The summed E-state index contributed by atoms with van der Waals surface area (Å²) < 4.78 is 218. The molecule has 0 amide bonds. The average Bonchev–Trinajstić information content (AvgIpc) is 2.78. The zero-order valence-electron chi connectivity index (χ0n) is 23.6. The van der Waals surface area contributed by atoms with Gasteiger partial charge in [-0.05, 0) is 30.0 Å². The van der Waals surface area contributed by atoms with Crippen LogP contribution in [-0.4, -0.2) is 86.3 Å². The third-order valence-electron chi connectivity index (χ3n) is 6.93. The summed E-state index contributed by atoms with van der Waals surface area (Å²) in [7, 11) is -12.3. The highest BCUT2D eigenvalue weighted by Crippen LogP contribution is 2.40. The van der Waals surface area contributed by atoms with Crippen LogP contribution in [0, 0.1) is 11.8 Å². The summed E-state index contributed by atoms with van der Waals surface area (Å²) >= 11 is -4.44. The average molecular weight is 718 g/mol. The minimum Gasteiger partial charge on any atom is -0.292 e. The first-order chi connectivity index (χ1) is 19.4. The van der Waals surface area contributed by atoms with E-state index in [0.29, 0.717) is 4.90 Å². The third kappa shape index (κ3) is 8.53. The first-order valence-corrected chi connectivity index (χ1v) is 17.7. The number of hydrogen-bond acceptors (Lipinski definition) is 5. The molecule has 0 unspecified atom stereocenters. The van der Waals surface area contributed by atoms with Gasteiger partial charge in [0, 0.05) is 25.2 Å². The molecule has 254 valence electrons. The smallest absolute Gasteiger partial charge is 0.292 e. The molecule has 1 aliphatic heterocycles. The summed E-state index contributed by atoms with van der Waals surface area (Å²) in [6, 6.07) is -4.53. The van der Waals surface area contributed by atoms with Crippen LogP contribution in [0.1, 0.15) is 38.8 Å². The van der Waals surface area contributed by atoms with Gasteiger partial charge in [-0.15, -0.1) is 0 Å². The van der Waals surface area contributed by atoms with Gasteiger partial charge in [0.05, 0.1) is 22.6 Å². The Labute approximate surface area is 250 Å². The van der Waals surface area contributed by atoms with Gasteiger partial charge < -0.3 is 0 Å². The second-order valence-electron chi connectivity index (χ2n) is 10.9. The topological polar surface area (TPSA) is 78.0 Å². The van der Waals surface area contributed by atoms with Crippen LogP contribution in [0.5, 0.6) is 0 Å². The predicted molar refractivity (Wildman–Crippen MR) is 134 cm³/mol. The van der Waals surface area contributed by atoms with E-state index in [9.17, 15) is 69.5 Å². The zero-order chi connectivity index (χ0) is 34.6. The molecule has 1 saturated heterocycles. The number of alkyl halides is 12. The first kappa shape index (κ1) is 38.9. The van der Waals surface area contributed by atoms with Crippen molar-refractivity contribution in [1.29, 1.82) is 0 Å². The number of halogens is 12. The molecule has 22 heteroatoms. The Kier molecular flexibility index (Phi) is 11.2. The van der Waals surface area contributed by atoms with Gasteiger partial charge in [0.2, 0.25) is 10.0 Å². The molecule has 0 spiro atoms. The lowest BCUT2D eigenvalue weighted by Crippen LogP contribution is -2.70. The Hall–Kier alpha value is -1.31. The Bertz CT molecular complexity index is 1360. The molecule has 1 heterocycles. The van der Waals surface area contributed by atoms with Crippen molar-refractivity contribution >= 4 is 34.6 Å². The van der Waals surface area contributed by atoms with Crippen LogP contribution in [0.3, 0.4) is 0 Å².